The Kier molecular flexibility index (Phi) is 3.85. The fourth-order valence-corrected chi connectivity index (χ4v) is 3.24. The Morgan fingerprint density at radius 3 is 3.20 bits per heavy atom. The number of hydrogen-bond donors (Lipinski definition) is 1. The molecule has 0 bridgehead atoms. The van der Waals surface area contributed by atoms with E-state index in [1.165, 1.54) is 0 Å². The van der Waals surface area contributed by atoms with Crippen molar-refractivity contribution in [2.75, 3.05) is 26.7 Å². The van der Waals surface area contributed by atoms with E-state index in [-0.39, 0.29) is 12.0 Å². The van der Waals surface area contributed by atoms with E-state index in [4.69, 9.17) is 16.3 Å². The van der Waals surface area contributed by atoms with Gasteiger partial charge in [-0.25, -0.2) is 0 Å². The zero-order valence-corrected chi connectivity index (χ0v) is 12.3. The Bertz CT molecular complexity index is 521. The Morgan fingerprint density at radius 2 is 2.40 bits per heavy atom. The molecule has 0 spiro atoms. The lowest BCUT2D eigenvalue weighted by molar-refractivity contribution is -0.136. The fraction of sp³-hybridized carbons (Fsp3) is 0.533. The lowest BCUT2D eigenvalue weighted by Crippen LogP contribution is -2.40. The zero-order chi connectivity index (χ0) is 14.1. The van der Waals surface area contributed by atoms with Crippen LogP contribution in [-0.4, -0.2) is 43.6 Å². The molecular formula is C15H19ClN2O2. The number of nitrogens with zero attached hydrogens (tertiary/aromatic N) is 1. The van der Waals surface area contributed by atoms with Crippen LogP contribution in [0.4, 0.5) is 0 Å². The summed E-state index contributed by atoms with van der Waals surface area (Å²) in [7, 11) is 1.95. The maximum Gasteiger partial charge on any atom is 0.264 e. The summed E-state index contributed by atoms with van der Waals surface area (Å²) in [6, 6.07) is 5.53. The molecule has 2 atom stereocenters. The van der Waals surface area contributed by atoms with Gasteiger partial charge in [-0.2, -0.15) is 0 Å². The van der Waals surface area contributed by atoms with Crippen LogP contribution in [0.3, 0.4) is 0 Å². The van der Waals surface area contributed by atoms with Crippen molar-refractivity contribution in [2.24, 2.45) is 5.92 Å². The van der Waals surface area contributed by atoms with Gasteiger partial charge in [-0.3, -0.25) is 4.79 Å². The Morgan fingerprint density at radius 1 is 1.55 bits per heavy atom. The van der Waals surface area contributed by atoms with Gasteiger partial charge in [-0.1, -0.05) is 11.6 Å². The van der Waals surface area contributed by atoms with Gasteiger partial charge in [0.1, 0.15) is 5.75 Å². The third-order valence-corrected chi connectivity index (χ3v) is 4.30. The van der Waals surface area contributed by atoms with Crippen molar-refractivity contribution in [1.82, 2.24) is 10.2 Å². The Hall–Kier alpha value is -1.26. The molecule has 20 heavy (non-hydrogen) atoms. The third kappa shape index (κ3) is 2.63. The summed E-state index contributed by atoms with van der Waals surface area (Å²) in [6.07, 6.45) is 1.32. The van der Waals surface area contributed by atoms with Crippen LogP contribution in [0.1, 0.15) is 12.0 Å². The van der Waals surface area contributed by atoms with Crippen molar-refractivity contribution in [3.8, 4) is 5.75 Å². The maximum atomic E-state index is 12.5. The molecule has 0 radical (unpaired) electrons. The van der Waals surface area contributed by atoms with Crippen LogP contribution >= 0.6 is 11.6 Å². The number of likely N-dealkylation sites (tertiary alicyclic amines) is 1. The van der Waals surface area contributed by atoms with Crippen LogP contribution in [0.5, 0.6) is 5.75 Å². The van der Waals surface area contributed by atoms with E-state index in [1.807, 2.05) is 24.1 Å². The highest BCUT2D eigenvalue weighted by atomic mass is 35.5. The second-order valence-corrected chi connectivity index (χ2v) is 6.00. The van der Waals surface area contributed by atoms with E-state index in [1.54, 1.807) is 6.07 Å². The lowest BCUT2D eigenvalue weighted by Gasteiger charge is -2.20. The van der Waals surface area contributed by atoms with E-state index in [0.717, 1.165) is 37.4 Å². The first kappa shape index (κ1) is 13.7. The molecule has 1 aromatic carbocycles. The van der Waals surface area contributed by atoms with Gasteiger partial charge in [-0.05, 0) is 49.7 Å². The predicted molar refractivity (Wildman–Crippen MR) is 78.2 cm³/mol. The summed E-state index contributed by atoms with van der Waals surface area (Å²) in [5, 5.41) is 3.87. The zero-order valence-electron chi connectivity index (χ0n) is 11.6. The molecule has 108 valence electrons. The highest BCUT2D eigenvalue weighted by Crippen LogP contribution is 2.32. The molecule has 0 aromatic heterocycles. The highest BCUT2D eigenvalue weighted by molar-refractivity contribution is 6.30. The predicted octanol–water partition coefficient (Wildman–Crippen LogP) is 1.71. The molecule has 1 fully saturated rings. The van der Waals surface area contributed by atoms with Crippen LogP contribution < -0.4 is 10.1 Å². The third-order valence-electron chi connectivity index (χ3n) is 4.06. The van der Waals surface area contributed by atoms with Gasteiger partial charge in [0.05, 0.1) is 0 Å². The number of ether oxygens (including phenoxy) is 1. The van der Waals surface area contributed by atoms with Gasteiger partial charge >= 0.3 is 0 Å². The summed E-state index contributed by atoms with van der Waals surface area (Å²) >= 11 is 5.97. The summed E-state index contributed by atoms with van der Waals surface area (Å²) in [6.45, 7) is 2.63. The molecular weight excluding hydrogens is 276 g/mol. The standard InChI is InChI=1S/C15H19ClN2O2/c1-17-8-10-4-5-18(9-10)15(19)14-7-11-6-12(16)2-3-13(11)20-14/h2-3,6,10,14,17H,4-5,7-9H2,1H3/t10-,14-/m0/s1. The van der Waals surface area contributed by atoms with Crippen molar-refractivity contribution in [3.63, 3.8) is 0 Å². The van der Waals surface area contributed by atoms with E-state index >= 15 is 0 Å². The van der Waals surface area contributed by atoms with E-state index in [0.29, 0.717) is 17.4 Å². The molecule has 1 saturated heterocycles. The van der Waals surface area contributed by atoms with Crippen molar-refractivity contribution in [1.29, 1.82) is 0 Å². The molecule has 0 aliphatic carbocycles. The molecule has 5 heteroatoms. The van der Waals surface area contributed by atoms with Crippen LogP contribution in [0.2, 0.25) is 5.02 Å². The molecule has 2 heterocycles. The first-order valence-corrected chi connectivity index (χ1v) is 7.43. The highest BCUT2D eigenvalue weighted by Gasteiger charge is 2.35. The van der Waals surface area contributed by atoms with Gasteiger partial charge in [0.15, 0.2) is 6.10 Å². The monoisotopic (exact) mass is 294 g/mol. The van der Waals surface area contributed by atoms with Gasteiger partial charge in [0, 0.05) is 24.5 Å². The average Bonchev–Trinajstić information content (AvgIpc) is 3.04. The average molecular weight is 295 g/mol. The van der Waals surface area contributed by atoms with Crippen molar-refractivity contribution in [2.45, 2.75) is 18.9 Å². The number of amides is 1. The molecule has 2 aliphatic rings. The van der Waals surface area contributed by atoms with E-state index < -0.39 is 0 Å². The summed E-state index contributed by atoms with van der Waals surface area (Å²) in [5.74, 6) is 1.46. The first-order chi connectivity index (χ1) is 9.67. The molecule has 4 nitrogen and oxygen atoms in total. The molecule has 1 N–H and O–H groups in total. The Balaban J connectivity index is 1.63. The Labute approximate surface area is 124 Å². The largest absolute Gasteiger partial charge is 0.480 e. The molecule has 1 aromatic rings. The number of carbonyl (C=O) groups excluding carboxylic acids is 1. The van der Waals surface area contributed by atoms with Crippen LogP contribution in [-0.2, 0) is 11.2 Å². The molecule has 0 saturated carbocycles. The molecule has 1 amide bonds. The van der Waals surface area contributed by atoms with Gasteiger partial charge < -0.3 is 15.0 Å². The SMILES string of the molecule is CNC[C@@H]1CCN(C(=O)[C@@H]2Cc3cc(Cl)ccc3O2)C1. The summed E-state index contributed by atoms with van der Waals surface area (Å²) < 4.78 is 5.77. The summed E-state index contributed by atoms with van der Waals surface area (Å²) in [4.78, 5) is 14.4. The number of fused-ring (bicyclic) bond motifs is 1. The molecule has 2 aliphatic heterocycles. The van der Waals surface area contributed by atoms with Crippen molar-refractivity contribution >= 4 is 17.5 Å². The number of hydrogen-bond acceptors (Lipinski definition) is 3. The van der Waals surface area contributed by atoms with Crippen LogP contribution in [0.15, 0.2) is 18.2 Å². The van der Waals surface area contributed by atoms with E-state index in [2.05, 4.69) is 5.32 Å². The quantitative estimate of drug-likeness (QED) is 0.923. The maximum absolute atomic E-state index is 12.5. The topological polar surface area (TPSA) is 41.6 Å². The van der Waals surface area contributed by atoms with Crippen LogP contribution in [0.25, 0.3) is 0 Å². The van der Waals surface area contributed by atoms with Gasteiger partial charge in [0.25, 0.3) is 5.91 Å². The fourth-order valence-electron chi connectivity index (χ4n) is 3.05. The minimum absolute atomic E-state index is 0.107. The second kappa shape index (κ2) is 5.62. The minimum atomic E-state index is -0.378. The molecule has 0 unspecified atom stereocenters. The first-order valence-electron chi connectivity index (χ1n) is 7.06. The van der Waals surface area contributed by atoms with Crippen molar-refractivity contribution in [3.05, 3.63) is 28.8 Å². The van der Waals surface area contributed by atoms with Gasteiger partial charge in [-0.15, -0.1) is 0 Å². The number of nitrogens with one attached hydrogen (secondary N) is 1. The minimum Gasteiger partial charge on any atom is -0.480 e. The van der Waals surface area contributed by atoms with Gasteiger partial charge in [0.2, 0.25) is 0 Å². The van der Waals surface area contributed by atoms with Crippen molar-refractivity contribution < 1.29 is 9.53 Å². The number of halogens is 1. The lowest BCUT2D eigenvalue weighted by atomic mass is 10.1. The second-order valence-electron chi connectivity index (χ2n) is 5.56. The number of benzene rings is 1. The number of rotatable bonds is 3. The molecule has 3 rings (SSSR count). The smallest absolute Gasteiger partial charge is 0.264 e. The summed E-state index contributed by atoms with van der Waals surface area (Å²) in [5.41, 5.74) is 1.03. The van der Waals surface area contributed by atoms with Crippen LogP contribution in [0, 0.1) is 5.92 Å². The number of carbonyl (C=O) groups is 1. The normalized spacial score (nSPS) is 24.6. The van der Waals surface area contributed by atoms with E-state index in [9.17, 15) is 4.79 Å².